The second-order valence-corrected chi connectivity index (χ2v) is 6.41. The summed E-state index contributed by atoms with van der Waals surface area (Å²) in [6.45, 7) is 3.24. The van der Waals surface area contributed by atoms with E-state index < -0.39 is 5.54 Å². The molecule has 2 aromatic heterocycles. The number of nitrogens with zero attached hydrogens (tertiary/aromatic N) is 2. The summed E-state index contributed by atoms with van der Waals surface area (Å²) in [7, 11) is 0. The van der Waals surface area contributed by atoms with Crippen molar-refractivity contribution in [2.24, 2.45) is 0 Å². The standard InChI is InChI=1S/C18H16ClN3O3/c1-18(2,17(24)20-13-6-3-5-12(19)11-13)22-16(23)9-8-14(21-22)15-7-4-10-25-15/h3-11H,1-2H3,(H,20,24). The Morgan fingerprint density at radius 3 is 2.68 bits per heavy atom. The molecule has 0 spiro atoms. The van der Waals surface area contributed by atoms with Gasteiger partial charge in [-0.2, -0.15) is 5.10 Å². The van der Waals surface area contributed by atoms with Crippen molar-refractivity contribution in [1.29, 1.82) is 0 Å². The van der Waals surface area contributed by atoms with Crippen molar-refractivity contribution in [1.82, 2.24) is 9.78 Å². The van der Waals surface area contributed by atoms with Crippen molar-refractivity contribution in [2.75, 3.05) is 5.32 Å². The molecule has 25 heavy (non-hydrogen) atoms. The van der Waals surface area contributed by atoms with Crippen LogP contribution in [-0.2, 0) is 10.3 Å². The zero-order chi connectivity index (χ0) is 18.0. The third-order valence-corrected chi connectivity index (χ3v) is 3.98. The van der Waals surface area contributed by atoms with E-state index in [-0.39, 0.29) is 11.5 Å². The maximum absolute atomic E-state index is 12.7. The maximum atomic E-state index is 12.7. The van der Waals surface area contributed by atoms with E-state index in [4.69, 9.17) is 16.0 Å². The predicted octanol–water partition coefficient (Wildman–Crippen LogP) is 3.53. The number of amides is 1. The highest BCUT2D eigenvalue weighted by molar-refractivity contribution is 6.30. The normalized spacial score (nSPS) is 11.3. The van der Waals surface area contributed by atoms with Crippen LogP contribution in [0, 0.1) is 0 Å². The molecule has 2 heterocycles. The van der Waals surface area contributed by atoms with Gasteiger partial charge in [-0.15, -0.1) is 0 Å². The van der Waals surface area contributed by atoms with Gasteiger partial charge in [0.2, 0.25) is 0 Å². The molecule has 6 nitrogen and oxygen atoms in total. The number of halogens is 1. The molecule has 3 rings (SSSR count). The SMILES string of the molecule is CC(C)(C(=O)Nc1cccc(Cl)c1)n1nc(-c2ccco2)ccc1=O. The summed E-state index contributed by atoms with van der Waals surface area (Å²) in [6, 6.07) is 13.2. The average molecular weight is 358 g/mol. The molecule has 0 aliphatic heterocycles. The van der Waals surface area contributed by atoms with Gasteiger partial charge in [-0.3, -0.25) is 9.59 Å². The first-order chi connectivity index (χ1) is 11.9. The number of rotatable bonds is 4. The molecule has 1 aromatic carbocycles. The highest BCUT2D eigenvalue weighted by Crippen LogP contribution is 2.21. The van der Waals surface area contributed by atoms with Gasteiger partial charge in [-0.05, 0) is 50.2 Å². The van der Waals surface area contributed by atoms with E-state index in [1.54, 1.807) is 56.3 Å². The van der Waals surface area contributed by atoms with Crippen LogP contribution in [0.1, 0.15) is 13.8 Å². The van der Waals surface area contributed by atoms with E-state index in [1.807, 2.05) is 0 Å². The van der Waals surface area contributed by atoms with E-state index >= 15 is 0 Å². The molecule has 128 valence electrons. The Kier molecular flexibility index (Phi) is 4.46. The number of anilines is 1. The summed E-state index contributed by atoms with van der Waals surface area (Å²) in [5.41, 5.74) is -0.599. The monoisotopic (exact) mass is 357 g/mol. The molecule has 0 bridgehead atoms. The van der Waals surface area contributed by atoms with Gasteiger partial charge in [0, 0.05) is 16.8 Å². The van der Waals surface area contributed by atoms with E-state index in [2.05, 4.69) is 10.4 Å². The van der Waals surface area contributed by atoms with Gasteiger partial charge in [-0.25, -0.2) is 4.68 Å². The van der Waals surface area contributed by atoms with Crippen molar-refractivity contribution in [3.8, 4) is 11.5 Å². The lowest BCUT2D eigenvalue weighted by Gasteiger charge is -2.25. The molecule has 1 N–H and O–H groups in total. The molecule has 1 amide bonds. The fourth-order valence-corrected chi connectivity index (χ4v) is 2.50. The van der Waals surface area contributed by atoms with Crippen molar-refractivity contribution in [3.05, 3.63) is 70.2 Å². The Morgan fingerprint density at radius 2 is 2.00 bits per heavy atom. The number of benzene rings is 1. The van der Waals surface area contributed by atoms with Gasteiger partial charge in [0.1, 0.15) is 11.2 Å². The van der Waals surface area contributed by atoms with Crippen LogP contribution < -0.4 is 10.9 Å². The molecule has 3 aromatic rings. The molecule has 0 saturated carbocycles. The fourth-order valence-electron chi connectivity index (χ4n) is 2.31. The predicted molar refractivity (Wildman–Crippen MR) is 95.6 cm³/mol. The molecule has 0 atom stereocenters. The van der Waals surface area contributed by atoms with Gasteiger partial charge in [0.15, 0.2) is 5.76 Å². The molecule has 0 aliphatic rings. The minimum Gasteiger partial charge on any atom is -0.463 e. The van der Waals surface area contributed by atoms with Crippen LogP contribution in [0.2, 0.25) is 5.02 Å². The quantitative estimate of drug-likeness (QED) is 0.774. The number of nitrogens with one attached hydrogen (secondary N) is 1. The first-order valence-electron chi connectivity index (χ1n) is 7.60. The minimum absolute atomic E-state index is 0.387. The third-order valence-electron chi connectivity index (χ3n) is 3.74. The smallest absolute Gasteiger partial charge is 0.267 e. The Labute approximate surface area is 149 Å². The van der Waals surface area contributed by atoms with Gasteiger partial charge >= 0.3 is 0 Å². The zero-order valence-corrected chi connectivity index (χ0v) is 14.4. The second kappa shape index (κ2) is 6.57. The summed E-state index contributed by atoms with van der Waals surface area (Å²) >= 11 is 5.93. The van der Waals surface area contributed by atoms with E-state index in [1.165, 1.54) is 12.3 Å². The van der Waals surface area contributed by atoms with Crippen LogP contribution in [0.25, 0.3) is 11.5 Å². The third kappa shape index (κ3) is 3.49. The second-order valence-electron chi connectivity index (χ2n) is 5.97. The first-order valence-corrected chi connectivity index (χ1v) is 7.97. The Balaban J connectivity index is 1.94. The molecule has 0 aliphatic carbocycles. The Morgan fingerprint density at radius 1 is 1.20 bits per heavy atom. The van der Waals surface area contributed by atoms with Crippen molar-refractivity contribution in [2.45, 2.75) is 19.4 Å². The highest BCUT2D eigenvalue weighted by Gasteiger charge is 2.32. The van der Waals surface area contributed by atoms with Crippen LogP contribution in [0.4, 0.5) is 5.69 Å². The van der Waals surface area contributed by atoms with Crippen LogP contribution in [0.15, 0.2) is 64.0 Å². The Bertz CT molecular complexity index is 962. The number of carbonyl (C=O) groups is 1. The van der Waals surface area contributed by atoms with E-state index in [0.717, 1.165) is 4.68 Å². The van der Waals surface area contributed by atoms with Gasteiger partial charge in [-0.1, -0.05) is 17.7 Å². The number of hydrogen-bond donors (Lipinski definition) is 1. The van der Waals surface area contributed by atoms with Gasteiger partial charge < -0.3 is 9.73 Å². The molecule has 0 unspecified atom stereocenters. The average Bonchev–Trinajstić information content (AvgIpc) is 3.09. The molecule has 0 radical (unpaired) electrons. The first kappa shape index (κ1) is 17.0. The number of carbonyl (C=O) groups excluding carboxylic acids is 1. The highest BCUT2D eigenvalue weighted by atomic mass is 35.5. The summed E-state index contributed by atoms with van der Waals surface area (Å²) in [4.78, 5) is 25.0. The number of aromatic nitrogens is 2. The van der Waals surface area contributed by atoms with Crippen LogP contribution in [0.3, 0.4) is 0 Å². The van der Waals surface area contributed by atoms with E-state index in [9.17, 15) is 9.59 Å². The van der Waals surface area contributed by atoms with Gasteiger partial charge in [0.05, 0.1) is 6.26 Å². The summed E-state index contributed by atoms with van der Waals surface area (Å²) in [5.74, 6) is 0.126. The van der Waals surface area contributed by atoms with Crippen LogP contribution in [0.5, 0.6) is 0 Å². The molecule has 7 heteroatoms. The molecular weight excluding hydrogens is 342 g/mol. The number of furan rings is 1. The van der Waals surface area contributed by atoms with Crippen LogP contribution >= 0.6 is 11.6 Å². The van der Waals surface area contributed by atoms with Crippen molar-refractivity contribution >= 4 is 23.2 Å². The fraction of sp³-hybridized carbons (Fsp3) is 0.167. The van der Waals surface area contributed by atoms with E-state index in [0.29, 0.717) is 22.2 Å². The topological polar surface area (TPSA) is 77.1 Å². The molecular formula is C18H16ClN3O3. The van der Waals surface area contributed by atoms with Crippen molar-refractivity contribution in [3.63, 3.8) is 0 Å². The zero-order valence-electron chi connectivity index (χ0n) is 13.7. The lowest BCUT2D eigenvalue weighted by Crippen LogP contribution is -2.47. The lowest BCUT2D eigenvalue weighted by atomic mass is 10.0. The molecule has 0 fully saturated rings. The van der Waals surface area contributed by atoms with Gasteiger partial charge in [0.25, 0.3) is 11.5 Å². The number of hydrogen-bond acceptors (Lipinski definition) is 4. The molecule has 0 saturated heterocycles. The maximum Gasteiger partial charge on any atom is 0.267 e. The van der Waals surface area contributed by atoms with Crippen LogP contribution in [-0.4, -0.2) is 15.7 Å². The summed E-state index contributed by atoms with van der Waals surface area (Å²) in [6.07, 6.45) is 1.52. The largest absolute Gasteiger partial charge is 0.463 e. The Hall–Kier alpha value is -2.86. The lowest BCUT2D eigenvalue weighted by molar-refractivity contribution is -0.123. The summed E-state index contributed by atoms with van der Waals surface area (Å²) < 4.78 is 6.45. The minimum atomic E-state index is -1.22. The van der Waals surface area contributed by atoms with Crippen molar-refractivity contribution < 1.29 is 9.21 Å². The summed E-state index contributed by atoms with van der Waals surface area (Å²) in [5, 5.41) is 7.55.